The van der Waals surface area contributed by atoms with E-state index >= 15 is 0 Å². The van der Waals surface area contributed by atoms with E-state index in [9.17, 15) is 4.79 Å². The van der Waals surface area contributed by atoms with Crippen molar-refractivity contribution in [1.82, 2.24) is 10.6 Å². The van der Waals surface area contributed by atoms with Crippen LogP contribution in [0.3, 0.4) is 0 Å². The zero-order valence-corrected chi connectivity index (χ0v) is 13.9. The molecule has 124 valence electrons. The van der Waals surface area contributed by atoms with Crippen LogP contribution >= 0.6 is 0 Å². The summed E-state index contributed by atoms with van der Waals surface area (Å²) in [4.78, 5) is 12.8. The van der Waals surface area contributed by atoms with Gasteiger partial charge in [0.1, 0.15) is 5.54 Å². The highest BCUT2D eigenvalue weighted by Crippen LogP contribution is 2.29. The molecule has 2 aromatic carbocycles. The molecule has 0 bridgehead atoms. The maximum atomic E-state index is 12.8. The van der Waals surface area contributed by atoms with Gasteiger partial charge in [0, 0.05) is 6.04 Å². The highest BCUT2D eigenvalue weighted by molar-refractivity contribution is 5.87. The number of amides is 1. The van der Waals surface area contributed by atoms with Crippen LogP contribution in [0, 0.1) is 0 Å². The van der Waals surface area contributed by atoms with Crippen molar-refractivity contribution in [3.8, 4) is 11.1 Å². The van der Waals surface area contributed by atoms with Crippen LogP contribution in [-0.2, 0) is 11.2 Å². The molecule has 1 saturated carbocycles. The number of benzene rings is 2. The molecule has 24 heavy (non-hydrogen) atoms. The smallest absolute Gasteiger partial charge is 0.240 e. The summed E-state index contributed by atoms with van der Waals surface area (Å²) in [5, 5.41) is 6.70. The Kier molecular flexibility index (Phi) is 4.11. The van der Waals surface area contributed by atoms with Crippen LogP contribution < -0.4 is 10.6 Å². The molecule has 0 radical (unpaired) electrons. The Morgan fingerprint density at radius 1 is 1.08 bits per heavy atom. The summed E-state index contributed by atoms with van der Waals surface area (Å²) < 4.78 is 0. The van der Waals surface area contributed by atoms with Crippen LogP contribution in [0.2, 0.25) is 0 Å². The first-order valence-electron chi connectivity index (χ1n) is 8.96. The Balaban J connectivity index is 1.57. The van der Waals surface area contributed by atoms with Crippen molar-refractivity contribution >= 4 is 5.91 Å². The van der Waals surface area contributed by atoms with E-state index in [2.05, 4.69) is 59.2 Å². The Morgan fingerprint density at radius 3 is 2.58 bits per heavy atom. The standard InChI is InChI=1S/C21H24N2O/c24-20(23-19-10-11-19)21(12-5-13-22-21)15-16-6-4-9-18(14-16)17-7-2-1-3-8-17/h1-4,6-9,14,19,22H,5,10-13,15H2,(H,23,24). The highest BCUT2D eigenvalue weighted by Gasteiger charge is 2.42. The lowest BCUT2D eigenvalue weighted by Gasteiger charge is -2.28. The van der Waals surface area contributed by atoms with Gasteiger partial charge in [0.2, 0.25) is 5.91 Å². The second kappa shape index (κ2) is 6.40. The molecule has 0 aromatic heterocycles. The van der Waals surface area contributed by atoms with Gasteiger partial charge in [0.15, 0.2) is 0 Å². The van der Waals surface area contributed by atoms with Crippen molar-refractivity contribution in [3.05, 3.63) is 60.2 Å². The molecule has 3 nitrogen and oxygen atoms in total. The normalized spacial score (nSPS) is 23.2. The fraction of sp³-hybridized carbons (Fsp3) is 0.381. The van der Waals surface area contributed by atoms with Gasteiger partial charge in [-0.25, -0.2) is 0 Å². The highest BCUT2D eigenvalue weighted by atomic mass is 16.2. The van der Waals surface area contributed by atoms with Crippen molar-refractivity contribution in [3.63, 3.8) is 0 Å². The molecule has 1 saturated heterocycles. The van der Waals surface area contributed by atoms with Crippen molar-refractivity contribution < 1.29 is 4.79 Å². The number of carbonyl (C=O) groups excluding carboxylic acids is 1. The number of rotatable bonds is 5. The molecule has 2 aliphatic rings. The van der Waals surface area contributed by atoms with Gasteiger partial charge in [-0.05, 0) is 55.3 Å². The summed E-state index contributed by atoms with van der Waals surface area (Å²) in [5.41, 5.74) is 3.22. The molecule has 1 unspecified atom stereocenters. The van der Waals surface area contributed by atoms with E-state index in [1.165, 1.54) is 16.7 Å². The van der Waals surface area contributed by atoms with Crippen molar-refractivity contribution in [1.29, 1.82) is 0 Å². The van der Waals surface area contributed by atoms with E-state index in [-0.39, 0.29) is 5.91 Å². The maximum Gasteiger partial charge on any atom is 0.240 e. The van der Waals surface area contributed by atoms with E-state index < -0.39 is 5.54 Å². The maximum absolute atomic E-state index is 12.8. The van der Waals surface area contributed by atoms with Crippen LogP contribution in [0.4, 0.5) is 0 Å². The van der Waals surface area contributed by atoms with E-state index in [1.54, 1.807) is 0 Å². The molecule has 1 aliphatic heterocycles. The third kappa shape index (κ3) is 3.22. The summed E-state index contributed by atoms with van der Waals surface area (Å²) in [5.74, 6) is 0.188. The van der Waals surface area contributed by atoms with Gasteiger partial charge in [0.25, 0.3) is 0 Å². The van der Waals surface area contributed by atoms with Gasteiger partial charge in [-0.15, -0.1) is 0 Å². The predicted octanol–water partition coefficient (Wildman–Crippen LogP) is 3.30. The minimum Gasteiger partial charge on any atom is -0.352 e. The van der Waals surface area contributed by atoms with Crippen LogP contribution in [0.5, 0.6) is 0 Å². The molecule has 2 fully saturated rings. The third-order valence-corrected chi connectivity index (χ3v) is 5.13. The molecule has 1 atom stereocenters. The summed E-state index contributed by atoms with van der Waals surface area (Å²) in [6.07, 6.45) is 5.00. The Bertz CT molecular complexity index is 716. The Morgan fingerprint density at radius 2 is 1.88 bits per heavy atom. The van der Waals surface area contributed by atoms with E-state index in [0.29, 0.717) is 6.04 Å². The van der Waals surface area contributed by atoms with Crippen LogP contribution in [0.1, 0.15) is 31.2 Å². The monoisotopic (exact) mass is 320 g/mol. The van der Waals surface area contributed by atoms with Crippen molar-refractivity contribution in [2.24, 2.45) is 0 Å². The lowest BCUT2D eigenvalue weighted by molar-refractivity contribution is -0.127. The third-order valence-electron chi connectivity index (χ3n) is 5.13. The van der Waals surface area contributed by atoms with Gasteiger partial charge in [0.05, 0.1) is 0 Å². The fourth-order valence-electron chi connectivity index (χ4n) is 3.62. The van der Waals surface area contributed by atoms with E-state index in [4.69, 9.17) is 0 Å². The van der Waals surface area contributed by atoms with Crippen LogP contribution in [-0.4, -0.2) is 24.0 Å². The molecule has 3 heteroatoms. The predicted molar refractivity (Wildman–Crippen MR) is 96.7 cm³/mol. The number of hydrogen-bond donors (Lipinski definition) is 2. The first-order valence-corrected chi connectivity index (χ1v) is 8.96. The minimum atomic E-state index is -0.433. The summed E-state index contributed by atoms with van der Waals surface area (Å²) in [6.45, 7) is 0.927. The second-order valence-corrected chi connectivity index (χ2v) is 7.10. The first-order chi connectivity index (χ1) is 11.8. The lowest BCUT2D eigenvalue weighted by Crippen LogP contribution is -2.55. The zero-order valence-electron chi connectivity index (χ0n) is 13.9. The number of hydrogen-bond acceptors (Lipinski definition) is 2. The quantitative estimate of drug-likeness (QED) is 0.887. The zero-order chi connectivity index (χ0) is 16.4. The summed E-state index contributed by atoms with van der Waals surface area (Å²) in [6, 6.07) is 19.4. The van der Waals surface area contributed by atoms with Crippen LogP contribution in [0.25, 0.3) is 11.1 Å². The van der Waals surface area contributed by atoms with Crippen LogP contribution in [0.15, 0.2) is 54.6 Å². The summed E-state index contributed by atoms with van der Waals surface area (Å²) in [7, 11) is 0. The first kappa shape index (κ1) is 15.4. The van der Waals surface area contributed by atoms with Gasteiger partial charge < -0.3 is 10.6 Å². The van der Waals surface area contributed by atoms with Gasteiger partial charge in [-0.1, -0.05) is 54.6 Å². The molecule has 4 rings (SSSR count). The largest absolute Gasteiger partial charge is 0.352 e. The summed E-state index contributed by atoms with van der Waals surface area (Å²) >= 11 is 0. The molecule has 1 aliphatic carbocycles. The van der Waals surface area contributed by atoms with Gasteiger partial charge in [-0.3, -0.25) is 4.79 Å². The van der Waals surface area contributed by atoms with E-state index in [1.807, 2.05) is 6.07 Å². The molecule has 1 heterocycles. The number of carbonyl (C=O) groups is 1. The van der Waals surface area contributed by atoms with Gasteiger partial charge >= 0.3 is 0 Å². The second-order valence-electron chi connectivity index (χ2n) is 7.10. The Hall–Kier alpha value is -2.13. The van der Waals surface area contributed by atoms with Crippen molar-refractivity contribution in [2.75, 3.05) is 6.54 Å². The minimum absolute atomic E-state index is 0.188. The number of nitrogens with one attached hydrogen (secondary N) is 2. The lowest BCUT2D eigenvalue weighted by atomic mass is 9.87. The Labute approximate surface area is 143 Å². The van der Waals surface area contributed by atoms with E-state index in [0.717, 1.165) is 38.6 Å². The SMILES string of the molecule is O=C(NC1CC1)C1(Cc2cccc(-c3ccccc3)c2)CCCN1. The van der Waals surface area contributed by atoms with Gasteiger partial charge in [-0.2, -0.15) is 0 Å². The molecule has 0 spiro atoms. The fourth-order valence-corrected chi connectivity index (χ4v) is 3.62. The molecular formula is C21H24N2O. The molecule has 2 N–H and O–H groups in total. The molecule has 2 aromatic rings. The molecule has 1 amide bonds. The van der Waals surface area contributed by atoms with Crippen molar-refractivity contribution in [2.45, 2.75) is 43.7 Å². The average molecular weight is 320 g/mol. The topological polar surface area (TPSA) is 41.1 Å². The molecular weight excluding hydrogens is 296 g/mol. The average Bonchev–Trinajstić information content (AvgIpc) is 3.31.